The van der Waals surface area contributed by atoms with Gasteiger partial charge in [0, 0.05) is 50.6 Å². The second-order valence-corrected chi connectivity index (χ2v) is 9.53. The van der Waals surface area contributed by atoms with Crippen LogP contribution in [0.5, 0.6) is 0 Å². The van der Waals surface area contributed by atoms with Gasteiger partial charge < -0.3 is 20.9 Å². The molecule has 2 atom stereocenters. The predicted molar refractivity (Wildman–Crippen MR) is 150 cm³/mol. The molecule has 0 bridgehead atoms. The molecule has 0 unspecified atom stereocenters. The average Bonchev–Trinajstić information content (AvgIpc) is 2.84. The Bertz CT molecular complexity index is 1350. The lowest BCUT2D eigenvalue weighted by Crippen LogP contribution is -2.46. The van der Waals surface area contributed by atoms with Gasteiger partial charge in [-0.2, -0.15) is 0 Å². The standard InChI is InChI=1S/C27H28F3N5O2.2ClH/c1-15-10-17(31)14-35(13-15)23-8-9-32-12-22(23)33-26(36)19-6-7-20(28)24(25(19)30)18-5-4-16(11-21(18)29)27(37)34(2)3;;/h4-9,11-12,15,17H,10,13-14,31H2,1-3H3,(H,33,36);2*1H/t15-,17+;;/m1../s1. The SMILES string of the molecule is C[C@@H]1C[C@H](N)CN(c2ccncc2NC(=O)c2ccc(F)c(-c3ccc(C(=O)N(C)C)cc3F)c2F)C1.Cl.Cl. The van der Waals surface area contributed by atoms with Crippen LogP contribution in [-0.4, -0.2) is 54.9 Å². The molecule has 39 heavy (non-hydrogen) atoms. The highest BCUT2D eigenvalue weighted by Gasteiger charge is 2.26. The van der Waals surface area contributed by atoms with Crippen molar-refractivity contribution in [1.82, 2.24) is 9.88 Å². The first-order chi connectivity index (χ1) is 17.6. The summed E-state index contributed by atoms with van der Waals surface area (Å²) in [6, 6.07) is 6.91. The van der Waals surface area contributed by atoms with Gasteiger partial charge in [-0.3, -0.25) is 14.6 Å². The number of anilines is 2. The van der Waals surface area contributed by atoms with Crippen molar-refractivity contribution in [3.05, 3.63) is 77.4 Å². The number of amides is 2. The van der Waals surface area contributed by atoms with E-state index in [1.165, 1.54) is 31.3 Å². The van der Waals surface area contributed by atoms with Crippen LogP contribution in [0.2, 0.25) is 0 Å². The fourth-order valence-electron chi connectivity index (χ4n) is 4.63. The molecule has 3 N–H and O–H groups in total. The number of carbonyl (C=O) groups is 2. The maximum Gasteiger partial charge on any atom is 0.258 e. The molecule has 2 amide bonds. The van der Waals surface area contributed by atoms with E-state index >= 15 is 4.39 Å². The Balaban J connectivity index is 0.00000267. The molecule has 0 saturated carbocycles. The molecule has 0 aliphatic carbocycles. The van der Waals surface area contributed by atoms with Gasteiger partial charge in [0.2, 0.25) is 0 Å². The molecule has 1 aliphatic heterocycles. The molecule has 1 aliphatic rings. The van der Waals surface area contributed by atoms with Crippen LogP contribution in [-0.2, 0) is 0 Å². The van der Waals surface area contributed by atoms with Crippen LogP contribution in [0, 0.1) is 23.4 Å². The topological polar surface area (TPSA) is 91.6 Å². The van der Waals surface area contributed by atoms with Gasteiger partial charge in [-0.1, -0.05) is 13.0 Å². The third-order valence-corrected chi connectivity index (χ3v) is 6.31. The minimum Gasteiger partial charge on any atom is -0.368 e. The number of nitrogens with one attached hydrogen (secondary N) is 1. The monoisotopic (exact) mass is 583 g/mol. The predicted octanol–water partition coefficient (Wildman–Crippen LogP) is 5.14. The van der Waals surface area contributed by atoms with Crippen molar-refractivity contribution in [2.75, 3.05) is 37.4 Å². The van der Waals surface area contributed by atoms with Gasteiger partial charge in [-0.25, -0.2) is 13.2 Å². The number of rotatable bonds is 5. The Morgan fingerprint density at radius 2 is 1.77 bits per heavy atom. The molecule has 1 saturated heterocycles. The zero-order valence-corrected chi connectivity index (χ0v) is 23.2. The highest BCUT2D eigenvalue weighted by Crippen LogP contribution is 2.33. The van der Waals surface area contributed by atoms with Crippen molar-refractivity contribution in [1.29, 1.82) is 0 Å². The van der Waals surface area contributed by atoms with Crippen LogP contribution in [0.1, 0.15) is 34.1 Å². The van der Waals surface area contributed by atoms with Crippen LogP contribution >= 0.6 is 24.8 Å². The first kappa shape index (κ1) is 31.9. The van der Waals surface area contributed by atoms with Crippen LogP contribution < -0.4 is 16.0 Å². The van der Waals surface area contributed by atoms with Gasteiger partial charge in [0.05, 0.1) is 28.7 Å². The average molecular weight is 584 g/mol. The van der Waals surface area contributed by atoms with Crippen molar-refractivity contribution in [2.24, 2.45) is 11.7 Å². The number of nitrogens with two attached hydrogens (primary N) is 1. The molecule has 2 aromatic carbocycles. The second-order valence-electron chi connectivity index (χ2n) is 9.53. The van der Waals surface area contributed by atoms with E-state index in [-0.39, 0.29) is 36.4 Å². The lowest BCUT2D eigenvalue weighted by Gasteiger charge is -2.37. The van der Waals surface area contributed by atoms with E-state index in [1.54, 1.807) is 12.3 Å². The summed E-state index contributed by atoms with van der Waals surface area (Å²) in [4.78, 5) is 32.6. The highest BCUT2D eigenvalue weighted by atomic mass is 35.5. The number of pyridine rings is 1. The van der Waals surface area contributed by atoms with Crippen LogP contribution in [0.3, 0.4) is 0 Å². The lowest BCUT2D eigenvalue weighted by molar-refractivity contribution is 0.0827. The van der Waals surface area contributed by atoms with E-state index < -0.39 is 46.0 Å². The molecule has 3 aromatic rings. The van der Waals surface area contributed by atoms with E-state index in [1.807, 2.05) is 4.90 Å². The molecule has 0 spiro atoms. The number of hydrogen-bond acceptors (Lipinski definition) is 5. The van der Waals surface area contributed by atoms with Gasteiger partial charge in [0.15, 0.2) is 0 Å². The van der Waals surface area contributed by atoms with Crippen LogP contribution in [0.15, 0.2) is 48.8 Å². The first-order valence-corrected chi connectivity index (χ1v) is 11.8. The quantitative estimate of drug-likeness (QED) is 0.434. The molecular formula is C27H30Cl2F3N5O2. The molecule has 1 fully saturated rings. The molecule has 210 valence electrons. The molecule has 12 heteroatoms. The smallest absolute Gasteiger partial charge is 0.258 e. The summed E-state index contributed by atoms with van der Waals surface area (Å²) in [5.41, 5.74) is 5.65. The fourth-order valence-corrected chi connectivity index (χ4v) is 4.63. The minimum absolute atomic E-state index is 0. The van der Waals surface area contributed by atoms with E-state index in [4.69, 9.17) is 5.73 Å². The molecule has 0 radical (unpaired) electrons. The number of benzene rings is 2. The van der Waals surface area contributed by atoms with Gasteiger partial charge in [0.25, 0.3) is 11.8 Å². The maximum absolute atomic E-state index is 15.5. The Hall–Kier alpha value is -3.34. The van der Waals surface area contributed by atoms with E-state index in [0.717, 1.165) is 37.2 Å². The van der Waals surface area contributed by atoms with E-state index in [9.17, 15) is 18.4 Å². The summed E-state index contributed by atoms with van der Waals surface area (Å²) in [6.07, 6.45) is 3.91. The number of aromatic nitrogens is 1. The molecular weight excluding hydrogens is 554 g/mol. The summed E-state index contributed by atoms with van der Waals surface area (Å²) in [7, 11) is 3.01. The summed E-state index contributed by atoms with van der Waals surface area (Å²) >= 11 is 0. The number of hydrogen-bond donors (Lipinski definition) is 2. The van der Waals surface area contributed by atoms with E-state index in [2.05, 4.69) is 17.2 Å². The molecule has 4 rings (SSSR count). The first-order valence-electron chi connectivity index (χ1n) is 11.8. The Labute approximate surface area is 237 Å². The van der Waals surface area contributed by atoms with Crippen molar-refractivity contribution in [3.8, 4) is 11.1 Å². The second kappa shape index (κ2) is 13.1. The van der Waals surface area contributed by atoms with E-state index in [0.29, 0.717) is 23.8 Å². The summed E-state index contributed by atoms with van der Waals surface area (Å²) in [5, 5.41) is 2.65. The fraction of sp³-hybridized carbons (Fsp3) is 0.296. The number of halogens is 5. The maximum atomic E-state index is 15.5. The highest BCUT2D eigenvalue weighted by molar-refractivity contribution is 6.06. The number of nitrogens with zero attached hydrogens (tertiary/aromatic N) is 3. The Kier molecular flexibility index (Phi) is 10.7. The van der Waals surface area contributed by atoms with Gasteiger partial charge >= 0.3 is 0 Å². The lowest BCUT2D eigenvalue weighted by atomic mass is 9.96. The van der Waals surface area contributed by atoms with Crippen molar-refractivity contribution < 1.29 is 22.8 Å². The summed E-state index contributed by atoms with van der Waals surface area (Å²) < 4.78 is 45.1. The third-order valence-electron chi connectivity index (χ3n) is 6.31. The summed E-state index contributed by atoms with van der Waals surface area (Å²) in [5.74, 6) is -4.22. The molecule has 2 heterocycles. The van der Waals surface area contributed by atoms with Crippen LogP contribution in [0.25, 0.3) is 11.1 Å². The number of piperidine rings is 1. The van der Waals surface area contributed by atoms with Crippen molar-refractivity contribution in [2.45, 2.75) is 19.4 Å². The van der Waals surface area contributed by atoms with Crippen molar-refractivity contribution in [3.63, 3.8) is 0 Å². The normalized spacial score (nSPS) is 16.5. The Morgan fingerprint density at radius 3 is 2.41 bits per heavy atom. The van der Waals surface area contributed by atoms with Crippen LogP contribution in [0.4, 0.5) is 24.5 Å². The summed E-state index contributed by atoms with van der Waals surface area (Å²) in [6.45, 7) is 3.39. The Morgan fingerprint density at radius 1 is 1.05 bits per heavy atom. The zero-order valence-electron chi connectivity index (χ0n) is 21.6. The van der Waals surface area contributed by atoms with Gasteiger partial charge in [-0.05, 0) is 42.7 Å². The number of carbonyl (C=O) groups excluding carboxylic acids is 2. The van der Waals surface area contributed by atoms with Crippen molar-refractivity contribution >= 4 is 48.0 Å². The molecule has 1 aromatic heterocycles. The zero-order chi connectivity index (χ0) is 26.9. The van der Waals surface area contributed by atoms with Gasteiger partial charge in [0.1, 0.15) is 17.5 Å². The third kappa shape index (κ3) is 6.81. The minimum atomic E-state index is -1.22. The van der Waals surface area contributed by atoms with Gasteiger partial charge in [-0.15, -0.1) is 24.8 Å². The molecule has 7 nitrogen and oxygen atoms in total. The largest absolute Gasteiger partial charge is 0.368 e.